The zero-order chi connectivity index (χ0) is 27.8. The Morgan fingerprint density at radius 3 is 2.49 bits per heavy atom. The first kappa shape index (κ1) is 26.6. The zero-order valence-electron chi connectivity index (χ0n) is 23.0. The summed E-state index contributed by atoms with van der Waals surface area (Å²) >= 11 is 3.57. The molecule has 0 radical (unpaired) electrons. The van der Waals surface area contributed by atoms with Gasteiger partial charge < -0.3 is 9.30 Å². The van der Waals surface area contributed by atoms with E-state index in [9.17, 15) is 4.79 Å². The van der Waals surface area contributed by atoms with Crippen molar-refractivity contribution >= 4 is 33.0 Å². The summed E-state index contributed by atoms with van der Waals surface area (Å²) in [7, 11) is 1.68. The van der Waals surface area contributed by atoms with Gasteiger partial charge in [-0.2, -0.15) is 9.78 Å². The largest absolute Gasteiger partial charge is 0.496 e. The molecule has 7 heteroatoms. The summed E-state index contributed by atoms with van der Waals surface area (Å²) in [6, 6.07) is 21.7. The second-order valence-corrected chi connectivity index (χ2v) is 10.9. The van der Waals surface area contributed by atoms with Crippen LogP contribution in [0.25, 0.3) is 28.0 Å². The number of para-hydroxylation sites is 1. The van der Waals surface area contributed by atoms with E-state index in [-0.39, 0.29) is 11.5 Å². The normalized spacial score (nSPS) is 11.7. The Kier molecular flexibility index (Phi) is 7.28. The summed E-state index contributed by atoms with van der Waals surface area (Å²) in [6.45, 7) is 10.4. The molecule has 0 amide bonds. The van der Waals surface area contributed by atoms with Gasteiger partial charge in [-0.3, -0.25) is 4.79 Å². The van der Waals surface area contributed by atoms with Crippen LogP contribution in [0.15, 0.2) is 81.1 Å². The molecule has 0 aliphatic heterocycles. The molecule has 0 atom stereocenters. The molecule has 2 aromatic heterocycles. The van der Waals surface area contributed by atoms with Crippen LogP contribution in [0.4, 0.5) is 0 Å². The van der Waals surface area contributed by atoms with Crippen molar-refractivity contribution in [1.82, 2.24) is 14.2 Å². The third-order valence-corrected chi connectivity index (χ3v) is 7.54. The Morgan fingerprint density at radius 2 is 1.77 bits per heavy atom. The van der Waals surface area contributed by atoms with Crippen molar-refractivity contribution in [1.29, 1.82) is 0 Å². The minimum atomic E-state index is -0.214. The van der Waals surface area contributed by atoms with Crippen LogP contribution in [0.3, 0.4) is 0 Å². The van der Waals surface area contributed by atoms with Gasteiger partial charge in [0, 0.05) is 32.7 Å². The van der Waals surface area contributed by atoms with E-state index in [0.717, 1.165) is 49.6 Å². The Hall–Kier alpha value is -3.97. The highest BCUT2D eigenvalue weighted by atomic mass is 79.9. The Labute approximate surface area is 236 Å². The monoisotopic (exact) mass is 582 g/mol. The molecule has 0 spiro atoms. The minimum absolute atomic E-state index is 0.214. The molecule has 5 aromatic rings. The fourth-order valence-corrected chi connectivity index (χ4v) is 5.41. The van der Waals surface area contributed by atoms with Crippen LogP contribution in [0.5, 0.6) is 5.75 Å². The molecular weight excluding hydrogens is 552 g/mol. The molecule has 0 saturated carbocycles. The van der Waals surface area contributed by atoms with Crippen LogP contribution >= 0.6 is 15.9 Å². The molecule has 0 saturated heterocycles. The van der Waals surface area contributed by atoms with Gasteiger partial charge in [-0.25, -0.2) is 4.98 Å². The molecule has 3 aromatic carbocycles. The first-order chi connectivity index (χ1) is 18.7. The number of aromatic nitrogens is 3. The maximum atomic E-state index is 13.8. The van der Waals surface area contributed by atoms with Gasteiger partial charge in [0.15, 0.2) is 5.82 Å². The summed E-state index contributed by atoms with van der Waals surface area (Å²) in [4.78, 5) is 18.7. The molecule has 39 heavy (non-hydrogen) atoms. The van der Waals surface area contributed by atoms with Crippen LogP contribution < -0.4 is 10.3 Å². The molecule has 6 nitrogen and oxygen atoms in total. The number of methoxy groups -OCH3 is 1. The number of benzene rings is 3. The van der Waals surface area contributed by atoms with Crippen molar-refractivity contribution in [2.24, 2.45) is 5.10 Å². The van der Waals surface area contributed by atoms with E-state index in [0.29, 0.717) is 16.7 Å². The number of nitrogens with zero attached hydrogens (tertiary/aromatic N) is 4. The average molecular weight is 584 g/mol. The third-order valence-electron chi connectivity index (χ3n) is 7.04. The molecule has 198 valence electrons. The van der Waals surface area contributed by atoms with Crippen LogP contribution in [0, 0.1) is 20.8 Å². The summed E-state index contributed by atoms with van der Waals surface area (Å²) in [6.07, 6.45) is 1.75. The second kappa shape index (κ2) is 10.7. The molecule has 5 rings (SSSR count). The van der Waals surface area contributed by atoms with E-state index in [1.165, 1.54) is 4.68 Å². The lowest BCUT2D eigenvalue weighted by Crippen LogP contribution is -2.21. The minimum Gasteiger partial charge on any atom is -0.496 e. The Balaban J connectivity index is 1.71. The van der Waals surface area contributed by atoms with Crippen molar-refractivity contribution in [3.63, 3.8) is 0 Å². The molecule has 0 aliphatic rings. The SMILES string of the molecule is COc1cc(C)c(-c2nc3ccccc3c(=O)n2N=Cc2cc(C)n(-c3cccc(Br)c3)c2C)cc1C(C)C. The molecule has 0 N–H and O–H groups in total. The number of fused-ring (bicyclic) bond motifs is 1. The first-order valence-corrected chi connectivity index (χ1v) is 13.7. The van der Waals surface area contributed by atoms with Crippen LogP contribution in [-0.2, 0) is 0 Å². The number of halogens is 1. The van der Waals surface area contributed by atoms with Gasteiger partial charge in [0.1, 0.15) is 5.75 Å². The molecule has 0 unspecified atom stereocenters. The molecule has 0 aliphatic carbocycles. The number of hydrogen-bond acceptors (Lipinski definition) is 4. The van der Waals surface area contributed by atoms with Gasteiger partial charge in [0.25, 0.3) is 5.56 Å². The fourth-order valence-electron chi connectivity index (χ4n) is 5.02. The average Bonchev–Trinajstić information content (AvgIpc) is 3.20. The summed E-state index contributed by atoms with van der Waals surface area (Å²) in [5, 5.41) is 5.27. The number of hydrogen-bond donors (Lipinski definition) is 0. The van der Waals surface area contributed by atoms with Crippen molar-refractivity contribution in [2.45, 2.75) is 40.5 Å². The predicted molar refractivity (Wildman–Crippen MR) is 163 cm³/mol. The van der Waals surface area contributed by atoms with Gasteiger partial charge in [-0.05, 0) is 86.3 Å². The number of ether oxygens (including phenoxy) is 1. The van der Waals surface area contributed by atoms with Crippen LogP contribution in [0.2, 0.25) is 0 Å². The van der Waals surface area contributed by atoms with Gasteiger partial charge in [-0.1, -0.05) is 48.0 Å². The molecule has 0 fully saturated rings. The van der Waals surface area contributed by atoms with Gasteiger partial charge in [0.2, 0.25) is 0 Å². The van der Waals surface area contributed by atoms with E-state index in [2.05, 4.69) is 72.5 Å². The van der Waals surface area contributed by atoms with Gasteiger partial charge >= 0.3 is 0 Å². The van der Waals surface area contributed by atoms with Crippen molar-refractivity contribution in [2.75, 3.05) is 7.11 Å². The zero-order valence-corrected chi connectivity index (χ0v) is 24.6. The van der Waals surface area contributed by atoms with E-state index in [4.69, 9.17) is 14.8 Å². The first-order valence-electron chi connectivity index (χ1n) is 12.9. The van der Waals surface area contributed by atoms with E-state index in [1.54, 1.807) is 19.4 Å². The van der Waals surface area contributed by atoms with E-state index in [1.807, 2.05) is 43.3 Å². The summed E-state index contributed by atoms with van der Waals surface area (Å²) in [5.41, 5.74) is 7.35. The maximum absolute atomic E-state index is 13.8. The fraction of sp³-hybridized carbons (Fsp3) is 0.219. The quantitative estimate of drug-likeness (QED) is 0.194. The smallest absolute Gasteiger partial charge is 0.282 e. The number of aryl methyl sites for hydroxylation is 2. The second-order valence-electron chi connectivity index (χ2n) is 10.0. The Morgan fingerprint density at radius 1 is 1.00 bits per heavy atom. The molecule has 2 heterocycles. The lowest BCUT2D eigenvalue weighted by Gasteiger charge is -2.17. The highest BCUT2D eigenvalue weighted by Crippen LogP contribution is 2.34. The highest BCUT2D eigenvalue weighted by Gasteiger charge is 2.19. The lowest BCUT2D eigenvalue weighted by molar-refractivity contribution is 0.407. The van der Waals surface area contributed by atoms with Crippen molar-refractivity contribution in [3.8, 4) is 22.8 Å². The predicted octanol–water partition coefficient (Wildman–Crippen LogP) is 7.56. The summed E-state index contributed by atoms with van der Waals surface area (Å²) in [5.74, 6) is 1.55. The van der Waals surface area contributed by atoms with E-state index >= 15 is 0 Å². The van der Waals surface area contributed by atoms with Crippen LogP contribution in [0.1, 0.15) is 47.8 Å². The van der Waals surface area contributed by atoms with Gasteiger partial charge in [0.05, 0.1) is 24.2 Å². The molecular formula is C32H31BrN4O2. The van der Waals surface area contributed by atoms with Crippen molar-refractivity contribution in [3.05, 3.63) is 110 Å². The number of rotatable bonds is 6. The topological polar surface area (TPSA) is 61.4 Å². The highest BCUT2D eigenvalue weighted by molar-refractivity contribution is 9.10. The third kappa shape index (κ3) is 4.94. The van der Waals surface area contributed by atoms with E-state index < -0.39 is 0 Å². The van der Waals surface area contributed by atoms with Crippen LogP contribution in [-0.4, -0.2) is 27.6 Å². The van der Waals surface area contributed by atoms with Gasteiger partial charge in [-0.15, -0.1) is 0 Å². The summed E-state index contributed by atoms with van der Waals surface area (Å²) < 4.78 is 10.3. The molecule has 0 bridgehead atoms. The maximum Gasteiger partial charge on any atom is 0.282 e. The van der Waals surface area contributed by atoms with Crippen molar-refractivity contribution < 1.29 is 4.74 Å². The standard InChI is InChI=1S/C32H31BrN4O2/c1-19(2)27-17-28(20(3)14-30(27)39-6)31-35-29-13-8-7-12-26(29)32(38)37(31)34-18-23-15-21(4)36(22(23)5)25-11-9-10-24(33)16-25/h7-19H,1-6H3. The lowest BCUT2D eigenvalue weighted by atomic mass is 9.96. The Bertz CT molecular complexity index is 1800.